The molecule has 0 unspecified atom stereocenters. The first-order chi connectivity index (χ1) is 10.2. The first kappa shape index (κ1) is 15.9. The van der Waals surface area contributed by atoms with Crippen molar-refractivity contribution in [3.05, 3.63) is 45.9 Å². The van der Waals surface area contributed by atoms with E-state index in [1.807, 2.05) is 0 Å². The van der Waals surface area contributed by atoms with E-state index in [4.69, 9.17) is 10.8 Å². The number of benzene rings is 1. The molecule has 1 amide bonds. The molecule has 1 aromatic heterocycles. The van der Waals surface area contributed by atoms with Crippen molar-refractivity contribution in [1.82, 2.24) is 0 Å². The summed E-state index contributed by atoms with van der Waals surface area (Å²) in [7, 11) is -4.27. The molecule has 0 saturated carbocycles. The summed E-state index contributed by atoms with van der Waals surface area (Å²) in [6.07, 6.45) is 0. The number of halogens is 1. The summed E-state index contributed by atoms with van der Waals surface area (Å²) in [4.78, 5) is 21.4. The van der Waals surface area contributed by atoms with E-state index < -0.39 is 38.2 Å². The Morgan fingerprint density at radius 3 is 2.55 bits per heavy atom. The molecule has 0 bridgehead atoms. The van der Waals surface area contributed by atoms with Gasteiger partial charge in [-0.2, -0.15) is 0 Å². The molecule has 1 aromatic carbocycles. The number of nitrogens with one attached hydrogen (secondary N) is 1. The monoisotopic (exact) mass is 344 g/mol. The highest BCUT2D eigenvalue weighted by Gasteiger charge is 2.21. The maximum atomic E-state index is 13.4. The highest BCUT2D eigenvalue weighted by molar-refractivity contribution is 7.92. The Hall–Kier alpha value is -2.46. The molecule has 0 radical (unpaired) electrons. The number of amides is 1. The summed E-state index contributed by atoms with van der Waals surface area (Å²) in [6, 6.07) is 3.50. The Morgan fingerprint density at radius 1 is 1.27 bits per heavy atom. The second kappa shape index (κ2) is 5.73. The number of thiophene rings is 1. The molecule has 0 atom stereocenters. The van der Waals surface area contributed by atoms with Gasteiger partial charge in [-0.1, -0.05) is 0 Å². The number of hydrogen-bond acceptors (Lipinski definition) is 5. The van der Waals surface area contributed by atoms with Crippen LogP contribution in [-0.4, -0.2) is 25.4 Å². The number of carboxylic acid groups (broad SMARTS) is 1. The first-order valence-electron chi connectivity index (χ1n) is 5.64. The Kier molecular flexibility index (Phi) is 4.15. The fourth-order valence-electron chi connectivity index (χ4n) is 1.63. The third-order valence-electron chi connectivity index (χ3n) is 2.56. The molecule has 0 fully saturated rings. The summed E-state index contributed by atoms with van der Waals surface area (Å²) in [5, 5.41) is 10.3. The fraction of sp³-hybridized carbons (Fsp3) is 0. The predicted molar refractivity (Wildman–Crippen MR) is 77.0 cm³/mol. The zero-order valence-corrected chi connectivity index (χ0v) is 12.4. The molecule has 2 rings (SSSR count). The summed E-state index contributed by atoms with van der Waals surface area (Å²) < 4.78 is 39.8. The van der Waals surface area contributed by atoms with Crippen molar-refractivity contribution < 1.29 is 27.5 Å². The van der Waals surface area contributed by atoms with Crippen LogP contribution in [0.15, 0.2) is 34.5 Å². The highest BCUT2D eigenvalue weighted by Crippen LogP contribution is 2.25. The summed E-state index contributed by atoms with van der Waals surface area (Å²) >= 11 is 0.935. The molecule has 4 N–H and O–H groups in total. The number of hydrogen-bond donors (Lipinski definition) is 3. The average Bonchev–Trinajstić information content (AvgIpc) is 2.85. The van der Waals surface area contributed by atoms with Gasteiger partial charge in [0.15, 0.2) is 0 Å². The zero-order valence-electron chi connectivity index (χ0n) is 10.7. The lowest BCUT2D eigenvalue weighted by Gasteiger charge is -2.08. The molecule has 0 aliphatic carbocycles. The number of anilines is 1. The minimum Gasteiger partial charge on any atom is -0.478 e. The minimum atomic E-state index is -4.27. The number of carbonyl (C=O) groups is 2. The van der Waals surface area contributed by atoms with Crippen LogP contribution in [0.1, 0.15) is 20.0 Å². The van der Waals surface area contributed by atoms with Gasteiger partial charge in [0, 0.05) is 0 Å². The third-order valence-corrected chi connectivity index (χ3v) is 4.84. The Labute approximate surface area is 128 Å². The van der Waals surface area contributed by atoms with E-state index >= 15 is 0 Å². The van der Waals surface area contributed by atoms with E-state index in [0.29, 0.717) is 12.1 Å². The number of primary amides is 1. The molecular weight excluding hydrogens is 335 g/mol. The second-order valence-electron chi connectivity index (χ2n) is 4.11. The van der Waals surface area contributed by atoms with Crippen molar-refractivity contribution in [3.8, 4) is 0 Å². The number of carboxylic acids is 1. The van der Waals surface area contributed by atoms with Gasteiger partial charge in [0.2, 0.25) is 0 Å². The Balaban J connectivity index is 2.45. The first-order valence-corrected chi connectivity index (χ1v) is 8.01. The van der Waals surface area contributed by atoms with Gasteiger partial charge in [0.05, 0.1) is 16.1 Å². The topological polar surface area (TPSA) is 127 Å². The normalized spacial score (nSPS) is 11.1. The Morgan fingerprint density at radius 2 is 1.95 bits per heavy atom. The maximum absolute atomic E-state index is 13.4. The van der Waals surface area contributed by atoms with Gasteiger partial charge in [-0.05, 0) is 29.6 Å². The van der Waals surface area contributed by atoms with Crippen LogP contribution in [0.4, 0.5) is 10.1 Å². The van der Waals surface area contributed by atoms with Gasteiger partial charge in [0.1, 0.15) is 10.7 Å². The number of rotatable bonds is 5. The lowest BCUT2D eigenvalue weighted by atomic mass is 10.2. The molecule has 0 saturated heterocycles. The van der Waals surface area contributed by atoms with Gasteiger partial charge < -0.3 is 10.8 Å². The zero-order chi connectivity index (χ0) is 16.5. The summed E-state index contributed by atoms with van der Waals surface area (Å²) in [6.45, 7) is 0. The van der Waals surface area contributed by atoms with Crippen LogP contribution in [0.5, 0.6) is 0 Å². The van der Waals surface area contributed by atoms with Crippen LogP contribution in [0.3, 0.4) is 0 Å². The number of nitrogens with two attached hydrogens (primary N) is 1. The SMILES string of the molecule is NC(=O)c1sccc1NS(=O)(=O)c1cc(F)cc(C(=O)O)c1. The molecule has 1 heterocycles. The summed E-state index contributed by atoms with van der Waals surface area (Å²) in [5.74, 6) is -3.30. The van der Waals surface area contributed by atoms with Crippen LogP contribution >= 0.6 is 11.3 Å². The van der Waals surface area contributed by atoms with Crippen molar-refractivity contribution in [2.24, 2.45) is 5.73 Å². The van der Waals surface area contributed by atoms with Gasteiger partial charge in [0.25, 0.3) is 15.9 Å². The molecule has 116 valence electrons. The van der Waals surface area contributed by atoms with Crippen molar-refractivity contribution in [2.45, 2.75) is 4.90 Å². The van der Waals surface area contributed by atoms with Crippen molar-refractivity contribution in [3.63, 3.8) is 0 Å². The van der Waals surface area contributed by atoms with Crippen LogP contribution in [-0.2, 0) is 10.0 Å². The lowest BCUT2D eigenvalue weighted by Crippen LogP contribution is -2.17. The van der Waals surface area contributed by atoms with Gasteiger partial charge in [-0.25, -0.2) is 17.6 Å². The van der Waals surface area contributed by atoms with Crippen LogP contribution in [0.25, 0.3) is 0 Å². The van der Waals surface area contributed by atoms with E-state index in [1.165, 1.54) is 11.4 Å². The molecular formula is C12H9FN2O5S2. The minimum absolute atomic E-state index is 0.0153. The highest BCUT2D eigenvalue weighted by atomic mass is 32.2. The van der Waals surface area contributed by atoms with Crippen LogP contribution in [0, 0.1) is 5.82 Å². The van der Waals surface area contributed by atoms with Gasteiger partial charge in [-0.15, -0.1) is 11.3 Å². The quantitative estimate of drug-likeness (QED) is 0.757. The maximum Gasteiger partial charge on any atom is 0.335 e. The molecule has 2 aromatic rings. The van der Waals surface area contributed by atoms with Crippen LogP contribution < -0.4 is 10.5 Å². The van der Waals surface area contributed by atoms with Crippen molar-refractivity contribution in [2.75, 3.05) is 4.72 Å². The second-order valence-corrected chi connectivity index (χ2v) is 6.71. The molecule has 7 nitrogen and oxygen atoms in total. The van der Waals surface area contributed by atoms with Crippen molar-refractivity contribution >= 4 is 38.9 Å². The van der Waals surface area contributed by atoms with E-state index in [0.717, 1.165) is 17.4 Å². The standard InChI is InChI=1S/C12H9FN2O5S2/c13-7-3-6(12(17)18)4-8(5-7)22(19,20)15-9-1-2-21-10(9)11(14)16/h1-5,15H,(H2,14,16)(H,17,18). The van der Waals surface area contributed by atoms with Crippen LogP contribution in [0.2, 0.25) is 0 Å². The molecule has 0 aliphatic rings. The third kappa shape index (κ3) is 3.23. The number of sulfonamides is 1. The van der Waals surface area contributed by atoms with Gasteiger partial charge >= 0.3 is 5.97 Å². The van der Waals surface area contributed by atoms with E-state index in [1.54, 1.807) is 0 Å². The van der Waals surface area contributed by atoms with E-state index in [9.17, 15) is 22.4 Å². The van der Waals surface area contributed by atoms with Gasteiger partial charge in [-0.3, -0.25) is 9.52 Å². The smallest absolute Gasteiger partial charge is 0.335 e. The Bertz CT molecular complexity index is 860. The summed E-state index contributed by atoms with van der Waals surface area (Å²) in [5.41, 5.74) is 4.53. The number of carbonyl (C=O) groups excluding carboxylic acids is 1. The molecule has 22 heavy (non-hydrogen) atoms. The largest absolute Gasteiger partial charge is 0.478 e. The van der Waals surface area contributed by atoms with Crippen molar-refractivity contribution in [1.29, 1.82) is 0 Å². The average molecular weight is 344 g/mol. The lowest BCUT2D eigenvalue weighted by molar-refractivity contribution is 0.0695. The molecule has 0 spiro atoms. The number of aromatic carboxylic acids is 1. The van der Waals surface area contributed by atoms with E-state index in [2.05, 4.69) is 4.72 Å². The molecule has 10 heteroatoms. The predicted octanol–water partition coefficient (Wildman–Crippen LogP) is 1.49. The molecule has 0 aliphatic heterocycles. The van der Waals surface area contributed by atoms with E-state index in [-0.39, 0.29) is 10.6 Å². The fourth-order valence-corrected chi connectivity index (χ4v) is 3.52.